The number of hydrogen-bond acceptors (Lipinski definition) is 4. The van der Waals surface area contributed by atoms with Crippen LogP contribution in [0.2, 0.25) is 0 Å². The van der Waals surface area contributed by atoms with Gasteiger partial charge in [0.05, 0.1) is 4.90 Å². The Morgan fingerprint density at radius 1 is 1.11 bits per heavy atom. The highest BCUT2D eigenvalue weighted by atomic mass is 32.2. The number of carbonyl (C=O) groups excluding carboxylic acids is 1. The number of pyridine rings is 1. The van der Waals surface area contributed by atoms with Gasteiger partial charge in [-0.2, -0.15) is 4.31 Å². The zero-order valence-electron chi connectivity index (χ0n) is 16.3. The van der Waals surface area contributed by atoms with Crippen LogP contribution in [-0.2, 0) is 16.4 Å². The maximum atomic E-state index is 12.9. The molecule has 7 heteroatoms. The molecule has 0 aliphatic carbocycles. The Balaban J connectivity index is 2.23. The molecule has 0 N–H and O–H groups in total. The van der Waals surface area contributed by atoms with Crippen molar-refractivity contribution in [3.05, 3.63) is 59.4 Å². The van der Waals surface area contributed by atoms with E-state index in [4.69, 9.17) is 0 Å². The minimum absolute atomic E-state index is 0.151. The van der Waals surface area contributed by atoms with Crippen LogP contribution in [-0.4, -0.2) is 55.2 Å². The predicted octanol–water partition coefficient (Wildman–Crippen LogP) is 2.74. The monoisotopic (exact) mass is 389 g/mol. The summed E-state index contributed by atoms with van der Waals surface area (Å²) in [6.45, 7) is 6.69. The SMILES string of the molecule is CCN(CC)S(=O)(=O)c1ccc(C)c(C(=O)N(C)CCc2ccccn2)c1. The van der Waals surface area contributed by atoms with E-state index >= 15 is 0 Å². The molecule has 0 radical (unpaired) electrons. The summed E-state index contributed by atoms with van der Waals surface area (Å²) in [6.07, 6.45) is 2.36. The zero-order valence-corrected chi connectivity index (χ0v) is 17.2. The molecule has 6 nitrogen and oxygen atoms in total. The molecule has 27 heavy (non-hydrogen) atoms. The van der Waals surface area contributed by atoms with Crippen LogP contribution in [0.3, 0.4) is 0 Å². The van der Waals surface area contributed by atoms with Crippen LogP contribution in [0.4, 0.5) is 0 Å². The number of amides is 1. The van der Waals surface area contributed by atoms with Gasteiger partial charge in [0.15, 0.2) is 0 Å². The average molecular weight is 390 g/mol. The molecule has 1 amide bonds. The molecule has 0 saturated carbocycles. The van der Waals surface area contributed by atoms with E-state index in [1.54, 1.807) is 44.1 Å². The molecule has 0 unspecified atom stereocenters. The Labute approximate surface area is 161 Å². The first kappa shape index (κ1) is 21.1. The van der Waals surface area contributed by atoms with Crippen molar-refractivity contribution in [2.24, 2.45) is 0 Å². The minimum Gasteiger partial charge on any atom is -0.341 e. The van der Waals surface area contributed by atoms with Crippen LogP contribution in [0.15, 0.2) is 47.5 Å². The number of benzene rings is 1. The molecule has 146 valence electrons. The van der Waals surface area contributed by atoms with Crippen molar-refractivity contribution in [3.8, 4) is 0 Å². The highest BCUT2D eigenvalue weighted by Crippen LogP contribution is 2.20. The summed E-state index contributed by atoms with van der Waals surface area (Å²) >= 11 is 0. The number of rotatable bonds is 8. The van der Waals surface area contributed by atoms with Crippen LogP contribution in [0.1, 0.15) is 35.5 Å². The van der Waals surface area contributed by atoms with Gasteiger partial charge in [-0.15, -0.1) is 0 Å². The second-order valence-corrected chi connectivity index (χ2v) is 8.30. The maximum Gasteiger partial charge on any atom is 0.253 e. The predicted molar refractivity (Wildman–Crippen MR) is 106 cm³/mol. The summed E-state index contributed by atoms with van der Waals surface area (Å²) in [5.41, 5.74) is 2.07. The Bertz CT molecular complexity index is 879. The molecule has 1 aromatic carbocycles. The largest absolute Gasteiger partial charge is 0.341 e. The van der Waals surface area contributed by atoms with Gasteiger partial charge in [0.2, 0.25) is 10.0 Å². The van der Waals surface area contributed by atoms with Gasteiger partial charge in [-0.05, 0) is 36.8 Å². The summed E-state index contributed by atoms with van der Waals surface area (Å²) < 4.78 is 26.9. The highest BCUT2D eigenvalue weighted by molar-refractivity contribution is 7.89. The lowest BCUT2D eigenvalue weighted by Crippen LogP contribution is -2.32. The van der Waals surface area contributed by atoms with E-state index in [9.17, 15) is 13.2 Å². The van der Waals surface area contributed by atoms with Gasteiger partial charge in [0.1, 0.15) is 0 Å². The Kier molecular flexibility index (Phi) is 7.10. The van der Waals surface area contributed by atoms with Gasteiger partial charge in [-0.3, -0.25) is 9.78 Å². The molecule has 0 bridgehead atoms. The number of likely N-dealkylation sites (N-methyl/N-ethyl adjacent to an activating group) is 1. The molecule has 0 atom stereocenters. The van der Waals surface area contributed by atoms with Gasteiger partial charge >= 0.3 is 0 Å². The summed E-state index contributed by atoms with van der Waals surface area (Å²) in [5, 5.41) is 0. The summed E-state index contributed by atoms with van der Waals surface area (Å²) in [4.78, 5) is 18.9. The van der Waals surface area contributed by atoms with Gasteiger partial charge in [0, 0.05) is 50.6 Å². The molecule has 1 aromatic heterocycles. The number of aromatic nitrogens is 1. The van der Waals surface area contributed by atoms with Crippen molar-refractivity contribution in [1.82, 2.24) is 14.2 Å². The number of nitrogens with zero attached hydrogens (tertiary/aromatic N) is 3. The quantitative estimate of drug-likeness (QED) is 0.696. The molecule has 0 spiro atoms. The first-order valence-corrected chi connectivity index (χ1v) is 10.5. The van der Waals surface area contributed by atoms with E-state index in [1.807, 2.05) is 25.1 Å². The topological polar surface area (TPSA) is 70.6 Å². The fraction of sp³-hybridized carbons (Fsp3) is 0.400. The van der Waals surface area contributed by atoms with Crippen LogP contribution in [0.25, 0.3) is 0 Å². The van der Waals surface area contributed by atoms with Crippen LogP contribution in [0, 0.1) is 6.92 Å². The molecule has 0 aliphatic rings. The van der Waals surface area contributed by atoms with Crippen molar-refractivity contribution in [2.45, 2.75) is 32.1 Å². The van der Waals surface area contributed by atoms with E-state index in [0.29, 0.717) is 31.6 Å². The molecule has 2 aromatic rings. The van der Waals surface area contributed by atoms with Crippen molar-refractivity contribution >= 4 is 15.9 Å². The van der Waals surface area contributed by atoms with Crippen molar-refractivity contribution in [1.29, 1.82) is 0 Å². The summed E-state index contributed by atoms with van der Waals surface area (Å²) in [7, 11) is -1.88. The molecular weight excluding hydrogens is 362 g/mol. The van der Waals surface area contributed by atoms with E-state index in [2.05, 4.69) is 4.98 Å². The molecule has 0 fully saturated rings. The molecule has 0 aliphatic heterocycles. The van der Waals surface area contributed by atoms with Gasteiger partial charge in [0.25, 0.3) is 5.91 Å². The van der Waals surface area contributed by atoms with E-state index in [-0.39, 0.29) is 10.8 Å². The van der Waals surface area contributed by atoms with Crippen molar-refractivity contribution in [3.63, 3.8) is 0 Å². The third-order valence-corrected chi connectivity index (χ3v) is 6.60. The summed E-state index contributed by atoms with van der Waals surface area (Å²) in [5.74, 6) is -0.194. The van der Waals surface area contributed by atoms with Crippen LogP contribution < -0.4 is 0 Å². The van der Waals surface area contributed by atoms with Gasteiger partial charge in [-0.1, -0.05) is 26.0 Å². The lowest BCUT2D eigenvalue weighted by molar-refractivity contribution is 0.0795. The number of hydrogen-bond donors (Lipinski definition) is 0. The highest BCUT2D eigenvalue weighted by Gasteiger charge is 2.24. The maximum absolute atomic E-state index is 12.9. The Morgan fingerprint density at radius 3 is 2.41 bits per heavy atom. The molecular formula is C20H27N3O3S. The van der Waals surface area contributed by atoms with Crippen LogP contribution in [0.5, 0.6) is 0 Å². The summed E-state index contributed by atoms with van der Waals surface area (Å²) in [6, 6.07) is 10.4. The lowest BCUT2D eigenvalue weighted by Gasteiger charge is -2.21. The third-order valence-electron chi connectivity index (χ3n) is 4.56. The van der Waals surface area contributed by atoms with Gasteiger partial charge in [-0.25, -0.2) is 8.42 Å². The van der Waals surface area contributed by atoms with E-state index in [1.165, 1.54) is 10.4 Å². The fourth-order valence-corrected chi connectivity index (χ4v) is 4.32. The fourth-order valence-electron chi connectivity index (χ4n) is 2.84. The molecule has 2 rings (SSSR count). The first-order valence-electron chi connectivity index (χ1n) is 9.07. The third kappa shape index (κ3) is 4.93. The molecule has 0 saturated heterocycles. The minimum atomic E-state index is -3.60. The zero-order chi connectivity index (χ0) is 20.0. The second kappa shape index (κ2) is 9.10. The number of carbonyl (C=O) groups is 1. The lowest BCUT2D eigenvalue weighted by atomic mass is 10.1. The normalized spacial score (nSPS) is 11.6. The van der Waals surface area contributed by atoms with Crippen molar-refractivity contribution in [2.75, 3.05) is 26.7 Å². The Morgan fingerprint density at radius 2 is 1.81 bits per heavy atom. The van der Waals surface area contributed by atoms with E-state index < -0.39 is 10.0 Å². The number of sulfonamides is 1. The Hall–Kier alpha value is -2.25. The number of aryl methyl sites for hydroxylation is 1. The second-order valence-electron chi connectivity index (χ2n) is 6.36. The molecule has 1 heterocycles. The van der Waals surface area contributed by atoms with Crippen LogP contribution >= 0.6 is 0 Å². The van der Waals surface area contributed by atoms with Crippen molar-refractivity contribution < 1.29 is 13.2 Å². The van der Waals surface area contributed by atoms with E-state index in [0.717, 1.165) is 11.3 Å². The van der Waals surface area contributed by atoms with Gasteiger partial charge < -0.3 is 4.90 Å². The smallest absolute Gasteiger partial charge is 0.253 e. The average Bonchev–Trinajstić information content (AvgIpc) is 2.67. The standard InChI is InChI=1S/C20H27N3O3S/c1-5-23(6-2)27(25,26)18-11-10-16(3)19(15-18)20(24)22(4)14-12-17-9-7-8-13-21-17/h7-11,13,15H,5-6,12,14H2,1-4H3. The first-order chi connectivity index (χ1) is 12.8.